The number of carboxylic acids is 1. The lowest BCUT2D eigenvalue weighted by Gasteiger charge is -2.29. The van der Waals surface area contributed by atoms with Crippen molar-refractivity contribution in [2.75, 3.05) is 53.2 Å². The molecule has 1 heterocycles. The molecular weight excluding hydrogens is 250 g/mol. The van der Waals surface area contributed by atoms with Crippen LogP contribution in [0.4, 0.5) is 0 Å². The molecule has 0 aromatic carbocycles. The molecule has 0 spiro atoms. The quantitative estimate of drug-likeness (QED) is 0.584. The van der Waals surface area contributed by atoms with Crippen molar-refractivity contribution < 1.29 is 24.1 Å². The number of hydrogen-bond acceptors (Lipinski definition) is 5. The normalized spacial score (nSPS) is 23.1. The van der Waals surface area contributed by atoms with E-state index in [-0.39, 0.29) is 6.04 Å². The van der Waals surface area contributed by atoms with Crippen molar-refractivity contribution >= 4 is 5.97 Å². The molecule has 19 heavy (non-hydrogen) atoms. The summed E-state index contributed by atoms with van der Waals surface area (Å²) in [5.74, 6) is -1.20. The molecule has 1 N–H and O–H groups in total. The van der Waals surface area contributed by atoms with E-state index in [9.17, 15) is 9.90 Å². The Kier molecular flexibility index (Phi) is 7.97. The summed E-state index contributed by atoms with van der Waals surface area (Å²) < 4.78 is 15.7. The summed E-state index contributed by atoms with van der Waals surface area (Å²) in [5, 5.41) is 9.19. The lowest BCUT2D eigenvalue weighted by Crippen LogP contribution is -2.45. The molecule has 0 radical (unpaired) electrons. The molecule has 6 nitrogen and oxygen atoms in total. The maximum absolute atomic E-state index is 11.2. The van der Waals surface area contributed by atoms with Gasteiger partial charge in [-0.2, -0.15) is 0 Å². The van der Waals surface area contributed by atoms with Crippen LogP contribution in [0, 0.1) is 5.92 Å². The highest BCUT2D eigenvalue weighted by molar-refractivity contribution is 5.71. The number of ether oxygens (including phenoxy) is 3. The van der Waals surface area contributed by atoms with Crippen molar-refractivity contribution in [1.29, 1.82) is 0 Å². The molecule has 0 bridgehead atoms. The molecule has 2 atom stereocenters. The van der Waals surface area contributed by atoms with E-state index in [0.717, 1.165) is 19.5 Å². The lowest BCUT2D eigenvalue weighted by molar-refractivity contribution is -0.143. The van der Waals surface area contributed by atoms with E-state index in [1.165, 1.54) is 0 Å². The molecule has 1 aliphatic heterocycles. The van der Waals surface area contributed by atoms with Crippen LogP contribution < -0.4 is 0 Å². The van der Waals surface area contributed by atoms with Gasteiger partial charge in [-0.25, -0.2) is 0 Å². The number of nitrogens with zero attached hydrogens (tertiary/aromatic N) is 1. The van der Waals surface area contributed by atoms with Crippen LogP contribution in [0.2, 0.25) is 0 Å². The molecule has 1 fully saturated rings. The largest absolute Gasteiger partial charge is 0.481 e. The van der Waals surface area contributed by atoms with E-state index < -0.39 is 11.9 Å². The molecule has 0 amide bonds. The monoisotopic (exact) mass is 275 g/mol. The zero-order valence-corrected chi connectivity index (χ0v) is 11.8. The zero-order valence-electron chi connectivity index (χ0n) is 11.8. The zero-order chi connectivity index (χ0) is 14.1. The second-order valence-corrected chi connectivity index (χ2v) is 4.69. The van der Waals surface area contributed by atoms with Crippen molar-refractivity contribution in [2.24, 2.45) is 5.92 Å². The van der Waals surface area contributed by atoms with E-state index in [0.29, 0.717) is 33.0 Å². The third-order valence-corrected chi connectivity index (χ3v) is 3.30. The van der Waals surface area contributed by atoms with Gasteiger partial charge in [-0.3, -0.25) is 9.69 Å². The molecule has 0 aliphatic carbocycles. The Bertz CT molecular complexity index is 261. The van der Waals surface area contributed by atoms with Gasteiger partial charge in [-0.1, -0.05) is 6.92 Å². The van der Waals surface area contributed by atoms with E-state index in [1.807, 2.05) is 0 Å². The second kappa shape index (κ2) is 9.25. The molecule has 2 unspecified atom stereocenters. The van der Waals surface area contributed by atoms with Gasteiger partial charge in [0, 0.05) is 19.7 Å². The minimum absolute atomic E-state index is 0.0384. The van der Waals surface area contributed by atoms with Gasteiger partial charge >= 0.3 is 5.97 Å². The van der Waals surface area contributed by atoms with Crippen molar-refractivity contribution in [3.8, 4) is 0 Å². The van der Waals surface area contributed by atoms with Crippen LogP contribution in [0.1, 0.15) is 13.3 Å². The first-order valence-corrected chi connectivity index (χ1v) is 6.82. The van der Waals surface area contributed by atoms with Crippen molar-refractivity contribution in [3.63, 3.8) is 0 Å². The Balaban J connectivity index is 2.40. The van der Waals surface area contributed by atoms with Crippen LogP contribution >= 0.6 is 0 Å². The molecule has 1 rings (SSSR count). The Morgan fingerprint density at radius 2 is 2.11 bits per heavy atom. The molecule has 0 aromatic rings. The third-order valence-electron chi connectivity index (χ3n) is 3.30. The van der Waals surface area contributed by atoms with Crippen molar-refractivity contribution in [2.45, 2.75) is 19.4 Å². The second-order valence-electron chi connectivity index (χ2n) is 4.69. The van der Waals surface area contributed by atoms with Gasteiger partial charge in [0.2, 0.25) is 0 Å². The van der Waals surface area contributed by atoms with Gasteiger partial charge in [-0.15, -0.1) is 0 Å². The summed E-state index contributed by atoms with van der Waals surface area (Å²) >= 11 is 0. The van der Waals surface area contributed by atoms with Gasteiger partial charge in [-0.05, 0) is 13.0 Å². The fourth-order valence-electron chi connectivity index (χ4n) is 2.30. The predicted octanol–water partition coefficient (Wildman–Crippen LogP) is 0.461. The summed E-state index contributed by atoms with van der Waals surface area (Å²) in [4.78, 5) is 13.3. The van der Waals surface area contributed by atoms with Gasteiger partial charge in [0.25, 0.3) is 0 Å². The average Bonchev–Trinajstić information content (AvgIpc) is 2.86. The molecular formula is C13H25NO5. The van der Waals surface area contributed by atoms with Crippen molar-refractivity contribution in [1.82, 2.24) is 4.90 Å². The SMILES string of the molecule is CCCN(CCOCCOC)C1COCC1C(=O)O. The molecule has 1 aliphatic rings. The fourth-order valence-corrected chi connectivity index (χ4v) is 2.30. The summed E-state index contributed by atoms with van der Waals surface area (Å²) in [6.45, 7) is 6.23. The predicted molar refractivity (Wildman–Crippen MR) is 70.3 cm³/mol. The first kappa shape index (κ1) is 16.4. The number of rotatable bonds is 10. The molecule has 6 heteroatoms. The van der Waals surface area contributed by atoms with Gasteiger partial charge in [0.15, 0.2) is 0 Å². The van der Waals surface area contributed by atoms with Crippen LogP contribution in [0.15, 0.2) is 0 Å². The Hall–Kier alpha value is -0.690. The summed E-state index contributed by atoms with van der Waals surface area (Å²) in [7, 11) is 1.64. The minimum Gasteiger partial charge on any atom is -0.481 e. The average molecular weight is 275 g/mol. The topological polar surface area (TPSA) is 68.2 Å². The number of aliphatic carboxylic acids is 1. The van der Waals surface area contributed by atoms with Gasteiger partial charge in [0.1, 0.15) is 0 Å². The molecule has 0 saturated carbocycles. The standard InChI is InChI=1S/C13H25NO5/c1-3-4-14(5-6-18-8-7-17-2)12-10-19-9-11(12)13(15)16/h11-12H,3-10H2,1-2H3,(H,15,16). The number of hydrogen-bond donors (Lipinski definition) is 1. The highest BCUT2D eigenvalue weighted by Crippen LogP contribution is 2.20. The molecule has 0 aromatic heterocycles. The van der Waals surface area contributed by atoms with Gasteiger partial charge < -0.3 is 19.3 Å². The first-order chi connectivity index (χ1) is 9.20. The highest BCUT2D eigenvalue weighted by Gasteiger charge is 2.37. The van der Waals surface area contributed by atoms with E-state index in [4.69, 9.17) is 14.2 Å². The smallest absolute Gasteiger partial charge is 0.310 e. The van der Waals surface area contributed by atoms with Gasteiger partial charge in [0.05, 0.1) is 39.0 Å². The van der Waals surface area contributed by atoms with E-state index >= 15 is 0 Å². The van der Waals surface area contributed by atoms with E-state index in [1.54, 1.807) is 7.11 Å². The summed E-state index contributed by atoms with van der Waals surface area (Å²) in [6.07, 6.45) is 0.987. The van der Waals surface area contributed by atoms with Crippen LogP contribution in [-0.4, -0.2) is 75.3 Å². The van der Waals surface area contributed by atoms with Crippen LogP contribution in [0.25, 0.3) is 0 Å². The lowest BCUT2D eigenvalue weighted by atomic mass is 10.0. The highest BCUT2D eigenvalue weighted by atomic mass is 16.5. The minimum atomic E-state index is -0.774. The Labute approximate surface area is 114 Å². The first-order valence-electron chi connectivity index (χ1n) is 6.82. The molecule has 1 saturated heterocycles. The third kappa shape index (κ3) is 5.44. The maximum atomic E-state index is 11.2. The molecule has 112 valence electrons. The van der Waals surface area contributed by atoms with Crippen molar-refractivity contribution in [3.05, 3.63) is 0 Å². The van der Waals surface area contributed by atoms with Crippen LogP contribution in [0.5, 0.6) is 0 Å². The summed E-state index contributed by atoms with van der Waals surface area (Å²) in [6, 6.07) is -0.0384. The van der Waals surface area contributed by atoms with Crippen LogP contribution in [0.3, 0.4) is 0 Å². The Morgan fingerprint density at radius 3 is 2.74 bits per heavy atom. The van der Waals surface area contributed by atoms with E-state index in [2.05, 4.69) is 11.8 Å². The number of carbonyl (C=O) groups is 1. The Morgan fingerprint density at radius 1 is 1.32 bits per heavy atom. The number of methoxy groups -OCH3 is 1. The van der Waals surface area contributed by atoms with Crippen LogP contribution in [-0.2, 0) is 19.0 Å². The fraction of sp³-hybridized carbons (Fsp3) is 0.923. The summed E-state index contributed by atoms with van der Waals surface area (Å²) in [5.41, 5.74) is 0. The number of carboxylic acid groups (broad SMARTS) is 1. The maximum Gasteiger partial charge on any atom is 0.310 e.